The Morgan fingerprint density at radius 2 is 1.77 bits per heavy atom. The first-order chi connectivity index (χ1) is 10.7. The first-order valence-electron chi connectivity index (χ1n) is 8.34. The molecule has 0 aromatic heterocycles. The molecule has 0 amide bonds. The number of benzene rings is 1. The third-order valence-electron chi connectivity index (χ3n) is 5.96. The highest BCUT2D eigenvalue weighted by Crippen LogP contribution is 2.47. The van der Waals surface area contributed by atoms with Crippen LogP contribution in [0.3, 0.4) is 0 Å². The van der Waals surface area contributed by atoms with Gasteiger partial charge in [-0.1, -0.05) is 12.1 Å². The average Bonchev–Trinajstić information content (AvgIpc) is 2.45. The molecule has 118 valence electrons. The highest BCUT2D eigenvalue weighted by molar-refractivity contribution is 5.34. The monoisotopic (exact) mass is 301 g/mol. The van der Waals surface area contributed by atoms with Gasteiger partial charge in [-0.2, -0.15) is 0 Å². The van der Waals surface area contributed by atoms with Gasteiger partial charge in [0.25, 0.3) is 5.69 Å². The van der Waals surface area contributed by atoms with Gasteiger partial charge in [-0.3, -0.25) is 10.1 Å². The number of nitrogens with zero attached hydrogens (tertiary/aromatic N) is 2. The van der Waals surface area contributed by atoms with Gasteiger partial charge in [0.2, 0.25) is 0 Å². The fourth-order valence-electron chi connectivity index (χ4n) is 4.43. The Labute approximate surface area is 130 Å². The summed E-state index contributed by atoms with van der Waals surface area (Å²) in [5, 5.41) is 14.1. The lowest BCUT2D eigenvalue weighted by molar-refractivity contribution is -0.384. The lowest BCUT2D eigenvalue weighted by atomic mass is 9.61. The minimum Gasteiger partial charge on any atom is -0.316 e. The molecule has 5 nitrogen and oxygen atoms in total. The second-order valence-electron chi connectivity index (χ2n) is 7.32. The van der Waals surface area contributed by atoms with Crippen LogP contribution >= 0.6 is 0 Å². The molecule has 1 spiro atoms. The molecule has 4 rings (SSSR count). The molecule has 1 aromatic carbocycles. The van der Waals surface area contributed by atoms with E-state index < -0.39 is 0 Å². The van der Waals surface area contributed by atoms with Crippen LogP contribution in [0, 0.1) is 15.5 Å². The molecule has 22 heavy (non-hydrogen) atoms. The van der Waals surface area contributed by atoms with Gasteiger partial charge in [-0.05, 0) is 55.7 Å². The molecule has 0 unspecified atom stereocenters. The van der Waals surface area contributed by atoms with Crippen LogP contribution in [-0.2, 0) is 0 Å². The highest BCUT2D eigenvalue weighted by Gasteiger charge is 2.50. The summed E-state index contributed by atoms with van der Waals surface area (Å²) < 4.78 is 0. The van der Waals surface area contributed by atoms with Crippen molar-refractivity contribution in [2.45, 2.75) is 37.6 Å². The van der Waals surface area contributed by atoms with Crippen LogP contribution in [0.2, 0.25) is 0 Å². The average molecular weight is 301 g/mol. The number of nitrogens with one attached hydrogen (secondary N) is 1. The van der Waals surface area contributed by atoms with Crippen molar-refractivity contribution in [1.29, 1.82) is 0 Å². The maximum atomic E-state index is 10.7. The van der Waals surface area contributed by atoms with E-state index in [9.17, 15) is 10.1 Å². The lowest BCUT2D eigenvalue weighted by Crippen LogP contribution is -2.65. The standard InChI is InChI=1S/C17H23N3O2/c21-20(22)15-3-1-13(2-4-15)14-5-7-19(8-6-14)16-9-17(10-16)11-18-12-17/h1-4,14,16,18H,5-12H2. The van der Waals surface area contributed by atoms with E-state index in [1.807, 2.05) is 12.1 Å². The van der Waals surface area contributed by atoms with E-state index in [1.165, 1.54) is 57.4 Å². The SMILES string of the molecule is O=[N+]([O-])c1ccc(C2CCN(C3CC4(CNC4)C3)CC2)cc1. The van der Waals surface area contributed by atoms with E-state index >= 15 is 0 Å². The van der Waals surface area contributed by atoms with E-state index in [-0.39, 0.29) is 10.6 Å². The van der Waals surface area contributed by atoms with Crippen molar-refractivity contribution in [2.75, 3.05) is 26.2 Å². The largest absolute Gasteiger partial charge is 0.316 e. The fourth-order valence-corrected chi connectivity index (χ4v) is 4.43. The number of hydrogen-bond acceptors (Lipinski definition) is 4. The summed E-state index contributed by atoms with van der Waals surface area (Å²) in [4.78, 5) is 13.1. The van der Waals surface area contributed by atoms with Crippen LogP contribution in [0.1, 0.15) is 37.2 Å². The predicted molar refractivity (Wildman–Crippen MR) is 85.0 cm³/mol. The van der Waals surface area contributed by atoms with Gasteiger partial charge in [0.15, 0.2) is 0 Å². The third-order valence-corrected chi connectivity index (χ3v) is 5.96. The summed E-state index contributed by atoms with van der Waals surface area (Å²) >= 11 is 0. The van der Waals surface area contributed by atoms with Gasteiger partial charge in [0.1, 0.15) is 0 Å². The lowest BCUT2D eigenvalue weighted by Gasteiger charge is -2.58. The zero-order chi connectivity index (χ0) is 15.2. The van der Waals surface area contributed by atoms with Crippen molar-refractivity contribution >= 4 is 5.69 Å². The number of likely N-dealkylation sites (tertiary alicyclic amines) is 1. The summed E-state index contributed by atoms with van der Waals surface area (Å²) in [5.74, 6) is 0.566. The van der Waals surface area contributed by atoms with Crippen LogP contribution in [0.15, 0.2) is 24.3 Å². The van der Waals surface area contributed by atoms with Crippen LogP contribution in [0.4, 0.5) is 5.69 Å². The first-order valence-corrected chi connectivity index (χ1v) is 8.34. The highest BCUT2D eigenvalue weighted by atomic mass is 16.6. The molecule has 0 atom stereocenters. The first kappa shape index (κ1) is 14.2. The Kier molecular flexibility index (Phi) is 3.42. The summed E-state index contributed by atoms with van der Waals surface area (Å²) in [7, 11) is 0. The quantitative estimate of drug-likeness (QED) is 0.688. The zero-order valence-corrected chi connectivity index (χ0v) is 12.8. The molecule has 1 aromatic rings. The minimum atomic E-state index is -0.325. The van der Waals surface area contributed by atoms with Crippen molar-refractivity contribution < 1.29 is 4.92 Å². The Hall–Kier alpha value is -1.46. The Balaban J connectivity index is 1.31. The summed E-state index contributed by atoms with van der Waals surface area (Å²) in [5.41, 5.74) is 2.11. The predicted octanol–water partition coefficient (Wildman–Crippen LogP) is 2.53. The van der Waals surface area contributed by atoms with E-state index in [2.05, 4.69) is 10.2 Å². The Morgan fingerprint density at radius 3 is 2.27 bits per heavy atom. The van der Waals surface area contributed by atoms with Gasteiger partial charge >= 0.3 is 0 Å². The molecular weight excluding hydrogens is 278 g/mol. The van der Waals surface area contributed by atoms with Crippen molar-refractivity contribution in [1.82, 2.24) is 10.2 Å². The Morgan fingerprint density at radius 1 is 1.14 bits per heavy atom. The van der Waals surface area contributed by atoms with Crippen molar-refractivity contribution in [3.8, 4) is 0 Å². The van der Waals surface area contributed by atoms with Gasteiger partial charge in [-0.15, -0.1) is 0 Å². The molecular formula is C17H23N3O2. The maximum absolute atomic E-state index is 10.7. The van der Waals surface area contributed by atoms with Crippen LogP contribution < -0.4 is 5.32 Å². The van der Waals surface area contributed by atoms with E-state index in [1.54, 1.807) is 12.1 Å². The molecule has 0 bridgehead atoms. The van der Waals surface area contributed by atoms with Crippen LogP contribution in [-0.4, -0.2) is 42.0 Å². The molecule has 1 N–H and O–H groups in total. The molecule has 1 aliphatic carbocycles. The van der Waals surface area contributed by atoms with Gasteiger partial charge < -0.3 is 10.2 Å². The molecule has 0 radical (unpaired) electrons. The van der Waals surface area contributed by atoms with E-state index in [0.717, 1.165) is 6.04 Å². The number of nitro groups is 1. The number of rotatable bonds is 3. The van der Waals surface area contributed by atoms with Crippen molar-refractivity contribution in [3.63, 3.8) is 0 Å². The number of piperidine rings is 1. The van der Waals surface area contributed by atoms with Gasteiger partial charge in [0, 0.05) is 31.3 Å². The van der Waals surface area contributed by atoms with E-state index in [4.69, 9.17) is 0 Å². The second kappa shape index (κ2) is 5.32. The molecule has 2 saturated heterocycles. The molecule has 5 heteroatoms. The normalized spacial score (nSPS) is 25.6. The topological polar surface area (TPSA) is 58.4 Å². The van der Waals surface area contributed by atoms with Crippen molar-refractivity contribution in [3.05, 3.63) is 39.9 Å². The molecule has 3 fully saturated rings. The smallest absolute Gasteiger partial charge is 0.269 e. The number of non-ortho nitro benzene ring substituents is 1. The second-order valence-corrected chi connectivity index (χ2v) is 7.32. The summed E-state index contributed by atoms with van der Waals surface area (Å²) in [6, 6.07) is 7.97. The van der Waals surface area contributed by atoms with Crippen molar-refractivity contribution in [2.24, 2.45) is 5.41 Å². The number of nitro benzene ring substituents is 1. The fraction of sp³-hybridized carbons (Fsp3) is 0.647. The van der Waals surface area contributed by atoms with E-state index in [0.29, 0.717) is 11.3 Å². The summed E-state index contributed by atoms with van der Waals surface area (Å²) in [6.45, 7) is 4.80. The van der Waals surface area contributed by atoms with Crippen LogP contribution in [0.25, 0.3) is 0 Å². The molecule has 3 aliphatic rings. The van der Waals surface area contributed by atoms with Gasteiger partial charge in [-0.25, -0.2) is 0 Å². The van der Waals surface area contributed by atoms with Crippen LogP contribution in [0.5, 0.6) is 0 Å². The maximum Gasteiger partial charge on any atom is 0.269 e. The molecule has 2 heterocycles. The summed E-state index contributed by atoms with van der Waals surface area (Å²) in [6.07, 6.45) is 5.11. The molecule has 2 aliphatic heterocycles. The zero-order valence-electron chi connectivity index (χ0n) is 12.8. The Bertz CT molecular complexity index is 552. The van der Waals surface area contributed by atoms with Gasteiger partial charge in [0.05, 0.1) is 4.92 Å². The minimum absolute atomic E-state index is 0.190. The molecule has 1 saturated carbocycles. The third kappa shape index (κ3) is 2.42. The number of hydrogen-bond donors (Lipinski definition) is 1.